The van der Waals surface area contributed by atoms with Gasteiger partial charge in [-0.15, -0.1) is 5.10 Å². The molecule has 2 N–H and O–H groups in total. The number of aryl methyl sites for hydroxylation is 2. The van der Waals surface area contributed by atoms with Gasteiger partial charge in [-0.3, -0.25) is 4.79 Å². The summed E-state index contributed by atoms with van der Waals surface area (Å²) in [5.41, 5.74) is 2.49. The molecular formula is C21H18ClFN6O2. The number of hydrogen-bond donors (Lipinski definition) is 2. The van der Waals surface area contributed by atoms with Gasteiger partial charge in [0.05, 0.1) is 10.7 Å². The molecule has 2 heterocycles. The number of halogens is 2. The van der Waals surface area contributed by atoms with Crippen molar-refractivity contribution in [3.8, 4) is 0 Å². The highest BCUT2D eigenvalue weighted by Gasteiger charge is 2.16. The smallest absolute Gasteiger partial charge is 0.325 e. The number of carbonyl (C=O) groups is 1. The molecule has 2 aromatic carbocycles. The lowest BCUT2D eigenvalue weighted by Crippen LogP contribution is -2.29. The molecule has 0 saturated carbocycles. The molecule has 4 rings (SSSR count). The molecule has 158 valence electrons. The van der Waals surface area contributed by atoms with Crippen LogP contribution in [0.4, 0.5) is 21.7 Å². The molecule has 31 heavy (non-hydrogen) atoms. The van der Waals surface area contributed by atoms with Crippen molar-refractivity contribution in [2.24, 2.45) is 0 Å². The number of amides is 1. The third-order valence-corrected chi connectivity index (χ3v) is 4.90. The van der Waals surface area contributed by atoms with Gasteiger partial charge in [-0.1, -0.05) is 29.8 Å². The Kier molecular flexibility index (Phi) is 5.43. The molecule has 10 heteroatoms. The fourth-order valence-corrected chi connectivity index (χ4v) is 3.30. The third-order valence-electron chi connectivity index (χ3n) is 4.59. The van der Waals surface area contributed by atoms with Crippen LogP contribution in [-0.4, -0.2) is 25.1 Å². The largest absolute Gasteiger partial charge is 0.353 e. The Hall–Kier alpha value is -3.72. The molecule has 2 aromatic heterocycles. The average molecular weight is 441 g/mol. The number of benzene rings is 2. The van der Waals surface area contributed by atoms with Crippen LogP contribution in [0.2, 0.25) is 5.02 Å². The van der Waals surface area contributed by atoms with Crippen molar-refractivity contribution in [2.75, 3.05) is 10.6 Å². The van der Waals surface area contributed by atoms with Gasteiger partial charge < -0.3 is 10.6 Å². The SMILES string of the molecule is Cc1cc2nn(CC(=O)Nc3ccc(F)cc3Cl)c(=O)n2c(Nc2ccccc2C)n1. The number of hydrogen-bond acceptors (Lipinski definition) is 5. The monoisotopic (exact) mass is 440 g/mol. The number of fused-ring (bicyclic) bond motifs is 1. The van der Waals surface area contributed by atoms with Gasteiger partial charge in [0, 0.05) is 17.4 Å². The summed E-state index contributed by atoms with van der Waals surface area (Å²) >= 11 is 5.94. The number of nitrogens with one attached hydrogen (secondary N) is 2. The van der Waals surface area contributed by atoms with Crippen molar-refractivity contribution in [1.29, 1.82) is 0 Å². The van der Waals surface area contributed by atoms with E-state index in [0.717, 1.165) is 22.0 Å². The molecule has 0 bridgehead atoms. The Morgan fingerprint density at radius 1 is 1.13 bits per heavy atom. The zero-order valence-corrected chi connectivity index (χ0v) is 17.4. The predicted octanol–water partition coefficient (Wildman–Crippen LogP) is 3.68. The van der Waals surface area contributed by atoms with E-state index in [1.165, 1.54) is 16.5 Å². The first kappa shape index (κ1) is 20.5. The van der Waals surface area contributed by atoms with Gasteiger partial charge in [-0.2, -0.15) is 0 Å². The van der Waals surface area contributed by atoms with E-state index >= 15 is 0 Å². The summed E-state index contributed by atoms with van der Waals surface area (Å²) < 4.78 is 15.5. The third kappa shape index (κ3) is 4.26. The number of para-hydroxylation sites is 1. The van der Waals surface area contributed by atoms with Crippen LogP contribution in [0, 0.1) is 19.7 Å². The molecular weight excluding hydrogens is 423 g/mol. The van der Waals surface area contributed by atoms with Gasteiger partial charge in [0.2, 0.25) is 11.9 Å². The Labute approximate surface area is 181 Å². The summed E-state index contributed by atoms with van der Waals surface area (Å²) in [6.45, 7) is 3.37. The highest BCUT2D eigenvalue weighted by molar-refractivity contribution is 6.33. The van der Waals surface area contributed by atoms with Crippen LogP contribution in [0.15, 0.2) is 53.3 Å². The highest BCUT2D eigenvalue weighted by Crippen LogP contribution is 2.22. The van der Waals surface area contributed by atoms with E-state index in [1.807, 2.05) is 31.2 Å². The van der Waals surface area contributed by atoms with Gasteiger partial charge in [0.1, 0.15) is 12.4 Å². The topological polar surface area (TPSA) is 93.3 Å². The standard InChI is InChI=1S/C21H18ClFN6O2/c1-12-5-3-4-6-16(12)26-20-24-13(2)9-18-27-28(21(31)29(18)20)11-19(30)25-17-8-7-14(23)10-15(17)22/h3-10H,11H2,1-2H3,(H,24,26)(H,25,30). The van der Waals surface area contributed by atoms with E-state index < -0.39 is 17.4 Å². The average Bonchev–Trinajstić information content (AvgIpc) is 3.01. The van der Waals surface area contributed by atoms with Crippen LogP contribution in [0.1, 0.15) is 11.3 Å². The van der Waals surface area contributed by atoms with Crippen molar-refractivity contribution < 1.29 is 9.18 Å². The second kappa shape index (κ2) is 8.19. The van der Waals surface area contributed by atoms with Crippen LogP contribution < -0.4 is 16.3 Å². The number of aromatic nitrogens is 4. The van der Waals surface area contributed by atoms with Crippen molar-refractivity contribution in [2.45, 2.75) is 20.4 Å². The maximum absolute atomic E-state index is 13.2. The maximum atomic E-state index is 13.2. The lowest BCUT2D eigenvalue weighted by molar-refractivity contribution is -0.117. The molecule has 4 aromatic rings. The fraction of sp³-hybridized carbons (Fsp3) is 0.143. The summed E-state index contributed by atoms with van der Waals surface area (Å²) in [6.07, 6.45) is 0. The van der Waals surface area contributed by atoms with Gasteiger partial charge >= 0.3 is 5.69 Å². The molecule has 0 atom stereocenters. The maximum Gasteiger partial charge on any atom is 0.353 e. The fourth-order valence-electron chi connectivity index (χ4n) is 3.09. The van der Waals surface area contributed by atoms with E-state index in [0.29, 0.717) is 17.3 Å². The number of nitrogens with zero attached hydrogens (tertiary/aromatic N) is 4. The van der Waals surface area contributed by atoms with Crippen LogP contribution >= 0.6 is 11.6 Å². The second-order valence-corrected chi connectivity index (χ2v) is 7.37. The molecule has 0 spiro atoms. The lowest BCUT2D eigenvalue weighted by Gasteiger charge is -2.10. The molecule has 0 fully saturated rings. The minimum atomic E-state index is -0.530. The quantitative estimate of drug-likeness (QED) is 0.493. The number of anilines is 3. The van der Waals surface area contributed by atoms with Crippen molar-refractivity contribution in [3.05, 3.63) is 81.1 Å². The first-order chi connectivity index (χ1) is 14.8. The zero-order chi connectivity index (χ0) is 22.1. The van der Waals surface area contributed by atoms with Crippen LogP contribution in [0.5, 0.6) is 0 Å². The second-order valence-electron chi connectivity index (χ2n) is 6.97. The molecule has 0 radical (unpaired) electrons. The first-order valence-electron chi connectivity index (χ1n) is 9.36. The highest BCUT2D eigenvalue weighted by atomic mass is 35.5. The lowest BCUT2D eigenvalue weighted by atomic mass is 10.2. The molecule has 1 amide bonds. The molecule has 0 aliphatic carbocycles. The summed E-state index contributed by atoms with van der Waals surface area (Å²) in [7, 11) is 0. The van der Waals surface area contributed by atoms with E-state index in [-0.39, 0.29) is 17.3 Å². The molecule has 0 aliphatic rings. The van der Waals surface area contributed by atoms with Crippen molar-refractivity contribution in [3.63, 3.8) is 0 Å². The van der Waals surface area contributed by atoms with Crippen molar-refractivity contribution >= 4 is 40.5 Å². The van der Waals surface area contributed by atoms with Crippen LogP contribution in [0.3, 0.4) is 0 Å². The van der Waals surface area contributed by atoms with Crippen LogP contribution in [0.25, 0.3) is 5.65 Å². The van der Waals surface area contributed by atoms with Gasteiger partial charge in [-0.05, 0) is 43.7 Å². The number of rotatable bonds is 5. The summed E-state index contributed by atoms with van der Waals surface area (Å²) in [6, 6.07) is 12.9. The Balaban J connectivity index is 1.65. The van der Waals surface area contributed by atoms with E-state index in [9.17, 15) is 14.0 Å². The minimum absolute atomic E-state index is 0.0558. The molecule has 8 nitrogen and oxygen atoms in total. The normalized spacial score (nSPS) is 11.0. The Morgan fingerprint density at radius 2 is 1.90 bits per heavy atom. The van der Waals surface area contributed by atoms with E-state index in [2.05, 4.69) is 20.7 Å². The first-order valence-corrected chi connectivity index (χ1v) is 9.74. The van der Waals surface area contributed by atoms with Gasteiger partial charge in [0.15, 0.2) is 5.65 Å². The molecule has 0 aliphatic heterocycles. The van der Waals surface area contributed by atoms with E-state index in [4.69, 9.17) is 11.6 Å². The molecule has 0 unspecified atom stereocenters. The van der Waals surface area contributed by atoms with E-state index in [1.54, 1.807) is 13.0 Å². The minimum Gasteiger partial charge on any atom is -0.325 e. The molecule has 0 saturated heterocycles. The summed E-state index contributed by atoms with van der Waals surface area (Å²) in [5.74, 6) is -0.754. The summed E-state index contributed by atoms with van der Waals surface area (Å²) in [4.78, 5) is 29.8. The summed E-state index contributed by atoms with van der Waals surface area (Å²) in [5, 5.41) is 10.0. The Morgan fingerprint density at radius 3 is 2.65 bits per heavy atom. The van der Waals surface area contributed by atoms with Gasteiger partial charge in [-0.25, -0.2) is 23.3 Å². The Bertz CT molecular complexity index is 1360. The predicted molar refractivity (Wildman–Crippen MR) is 116 cm³/mol. The zero-order valence-electron chi connectivity index (χ0n) is 16.7. The van der Waals surface area contributed by atoms with Crippen LogP contribution in [-0.2, 0) is 11.3 Å². The number of carbonyl (C=O) groups excluding carboxylic acids is 1. The van der Waals surface area contributed by atoms with Gasteiger partial charge in [0.25, 0.3) is 0 Å². The van der Waals surface area contributed by atoms with Crippen molar-refractivity contribution in [1.82, 2.24) is 19.2 Å².